The Morgan fingerprint density at radius 1 is 0.962 bits per heavy atom. The molecule has 0 aromatic heterocycles. The van der Waals surface area contributed by atoms with E-state index in [2.05, 4.69) is 18.9 Å². The maximum Gasteiger partial charge on any atom is 0.311 e. The van der Waals surface area contributed by atoms with Crippen LogP contribution in [0.1, 0.15) is 77.6 Å². The molecule has 2 aliphatic carbocycles. The van der Waals surface area contributed by atoms with Crippen molar-refractivity contribution in [2.24, 2.45) is 23.7 Å². The number of hydrogen-bond donors (Lipinski definition) is 0. The highest BCUT2D eigenvalue weighted by Gasteiger charge is 2.51. The monoisotopic (exact) mass is 381 g/mol. The molecule has 2 aliphatic heterocycles. The first-order valence-electron chi connectivity index (χ1n) is 11.1. The van der Waals surface area contributed by atoms with E-state index in [0.29, 0.717) is 18.0 Å². The fourth-order valence-electron chi connectivity index (χ4n) is 6.42. The van der Waals surface area contributed by atoms with Crippen LogP contribution in [0.2, 0.25) is 0 Å². The number of carbonyl (C=O) groups is 1. The Balaban J connectivity index is 1.46. The van der Waals surface area contributed by atoms with Gasteiger partial charge in [-0.2, -0.15) is 0 Å². The molecular weight excluding hydrogens is 346 g/mol. The van der Waals surface area contributed by atoms with Crippen molar-refractivity contribution in [3.05, 3.63) is 0 Å². The summed E-state index contributed by atoms with van der Waals surface area (Å²) >= 11 is 6.23. The maximum absolute atomic E-state index is 13.3. The summed E-state index contributed by atoms with van der Waals surface area (Å²) in [5.41, 5.74) is 0. The molecule has 0 amide bonds. The number of esters is 1. The standard InChI is InChI=1S/C22H36ClNO2/c1-14-3-5-15(6-4-14)19-13-17-9-12-20(24(17)2)21(19)22(25)26-18-10-7-16(23)8-11-18/h14-21H,3-13H2,1-2H3/t14?,15?,16?,17-,18?,19-,20?,21?/m1/s1. The summed E-state index contributed by atoms with van der Waals surface area (Å²) in [5.74, 6) is 2.37. The van der Waals surface area contributed by atoms with Gasteiger partial charge in [0.2, 0.25) is 0 Å². The van der Waals surface area contributed by atoms with Gasteiger partial charge in [0.25, 0.3) is 0 Å². The number of halogens is 1. The van der Waals surface area contributed by atoms with Crippen molar-refractivity contribution in [2.45, 2.75) is 101 Å². The van der Waals surface area contributed by atoms with Crippen molar-refractivity contribution in [1.29, 1.82) is 0 Å². The average molecular weight is 382 g/mol. The van der Waals surface area contributed by atoms with Crippen LogP contribution in [0.3, 0.4) is 0 Å². The molecule has 0 radical (unpaired) electrons. The maximum atomic E-state index is 13.3. The largest absolute Gasteiger partial charge is 0.462 e. The fraction of sp³-hybridized carbons (Fsp3) is 0.955. The van der Waals surface area contributed by atoms with Gasteiger partial charge in [-0.1, -0.05) is 19.8 Å². The average Bonchev–Trinajstić information content (AvgIpc) is 2.87. The third kappa shape index (κ3) is 3.81. The summed E-state index contributed by atoms with van der Waals surface area (Å²) in [6.45, 7) is 2.38. The van der Waals surface area contributed by atoms with Crippen LogP contribution < -0.4 is 0 Å². The van der Waals surface area contributed by atoms with Crippen molar-refractivity contribution in [1.82, 2.24) is 4.90 Å². The molecule has 4 atom stereocenters. The lowest BCUT2D eigenvalue weighted by molar-refractivity contribution is -0.164. The van der Waals surface area contributed by atoms with Gasteiger partial charge in [-0.15, -0.1) is 11.6 Å². The van der Waals surface area contributed by atoms with E-state index in [1.54, 1.807) is 0 Å². The molecule has 2 saturated heterocycles. The van der Waals surface area contributed by atoms with Crippen LogP contribution in [0.15, 0.2) is 0 Å². The predicted octanol–water partition coefficient (Wildman–Crippen LogP) is 5.00. The molecule has 3 nitrogen and oxygen atoms in total. The van der Waals surface area contributed by atoms with Gasteiger partial charge >= 0.3 is 5.97 Å². The minimum Gasteiger partial charge on any atom is -0.462 e. The summed E-state index contributed by atoms with van der Waals surface area (Å²) in [6, 6.07) is 1.11. The van der Waals surface area contributed by atoms with Crippen LogP contribution >= 0.6 is 11.6 Å². The molecule has 0 N–H and O–H groups in total. The Morgan fingerprint density at radius 2 is 1.65 bits per heavy atom. The minimum absolute atomic E-state index is 0.103. The Hall–Kier alpha value is -0.280. The number of fused-ring (bicyclic) bond motifs is 2. The first-order chi connectivity index (χ1) is 12.5. The number of hydrogen-bond acceptors (Lipinski definition) is 3. The number of ether oxygens (including phenoxy) is 1. The lowest BCUT2D eigenvalue weighted by Gasteiger charge is -2.46. The Labute approximate surface area is 164 Å². The lowest BCUT2D eigenvalue weighted by Crippen LogP contribution is -2.52. The van der Waals surface area contributed by atoms with Gasteiger partial charge in [0.1, 0.15) is 6.10 Å². The summed E-state index contributed by atoms with van der Waals surface area (Å²) in [7, 11) is 2.24. The highest BCUT2D eigenvalue weighted by Crippen LogP contribution is 2.48. The smallest absolute Gasteiger partial charge is 0.311 e. The number of piperidine rings is 1. The van der Waals surface area contributed by atoms with Crippen LogP contribution in [-0.2, 0) is 9.53 Å². The number of alkyl halides is 1. The molecule has 4 heteroatoms. The molecule has 0 aromatic rings. The Morgan fingerprint density at radius 3 is 2.35 bits per heavy atom. The van der Waals surface area contributed by atoms with Gasteiger partial charge in [-0.3, -0.25) is 9.69 Å². The van der Waals surface area contributed by atoms with Crippen LogP contribution in [0.25, 0.3) is 0 Å². The van der Waals surface area contributed by atoms with E-state index in [1.807, 2.05) is 0 Å². The molecule has 26 heavy (non-hydrogen) atoms. The quantitative estimate of drug-likeness (QED) is 0.508. The van der Waals surface area contributed by atoms with Crippen molar-refractivity contribution >= 4 is 17.6 Å². The van der Waals surface area contributed by atoms with E-state index in [-0.39, 0.29) is 23.4 Å². The number of nitrogens with zero attached hydrogens (tertiary/aromatic N) is 1. The highest BCUT2D eigenvalue weighted by molar-refractivity contribution is 6.20. The van der Waals surface area contributed by atoms with Gasteiger partial charge in [0.15, 0.2) is 0 Å². The third-order valence-corrected chi connectivity index (χ3v) is 8.58. The zero-order valence-corrected chi connectivity index (χ0v) is 17.3. The molecule has 4 fully saturated rings. The van der Waals surface area contributed by atoms with Crippen molar-refractivity contribution < 1.29 is 9.53 Å². The molecule has 148 valence electrons. The molecule has 2 bridgehead atoms. The highest BCUT2D eigenvalue weighted by atomic mass is 35.5. The van der Waals surface area contributed by atoms with E-state index in [4.69, 9.17) is 16.3 Å². The van der Waals surface area contributed by atoms with Gasteiger partial charge < -0.3 is 4.74 Å². The fourth-order valence-corrected chi connectivity index (χ4v) is 6.67. The SMILES string of the molecule is CC1CCC([C@H]2C[C@H]3CCC(C2C(=O)OC2CCC(Cl)CC2)N3C)CC1. The van der Waals surface area contributed by atoms with Gasteiger partial charge in [-0.25, -0.2) is 0 Å². The second kappa shape index (κ2) is 7.99. The van der Waals surface area contributed by atoms with Crippen LogP contribution in [0, 0.1) is 23.7 Å². The number of rotatable bonds is 3. The molecular formula is C22H36ClNO2. The zero-order chi connectivity index (χ0) is 18.3. The normalized spacial score (nSPS) is 46.9. The Bertz CT molecular complexity index is 496. The second-order valence-corrected chi connectivity index (χ2v) is 10.3. The van der Waals surface area contributed by atoms with E-state index in [0.717, 1.165) is 37.5 Å². The van der Waals surface area contributed by atoms with Gasteiger partial charge in [-0.05, 0) is 82.6 Å². The summed E-state index contributed by atoms with van der Waals surface area (Å²) in [5, 5.41) is 0.276. The molecule has 2 unspecified atom stereocenters. The van der Waals surface area contributed by atoms with Crippen LogP contribution in [0.4, 0.5) is 0 Å². The summed E-state index contributed by atoms with van der Waals surface area (Å²) < 4.78 is 6.10. The third-order valence-electron chi connectivity index (χ3n) is 8.14. The van der Waals surface area contributed by atoms with Crippen LogP contribution in [-0.4, -0.2) is 41.5 Å². The van der Waals surface area contributed by atoms with E-state index >= 15 is 0 Å². The lowest BCUT2D eigenvalue weighted by atomic mass is 9.67. The Kier molecular flexibility index (Phi) is 5.86. The van der Waals surface area contributed by atoms with Crippen molar-refractivity contribution in [3.8, 4) is 0 Å². The second-order valence-electron chi connectivity index (χ2n) is 9.72. The van der Waals surface area contributed by atoms with E-state index < -0.39 is 0 Å². The first-order valence-corrected chi connectivity index (χ1v) is 11.5. The van der Waals surface area contributed by atoms with Crippen molar-refractivity contribution in [2.75, 3.05) is 7.05 Å². The molecule has 2 heterocycles. The summed E-state index contributed by atoms with van der Waals surface area (Å²) in [4.78, 5) is 15.8. The molecule has 4 aliphatic rings. The van der Waals surface area contributed by atoms with E-state index in [1.165, 1.54) is 44.9 Å². The molecule has 4 rings (SSSR count). The van der Waals surface area contributed by atoms with E-state index in [9.17, 15) is 4.79 Å². The van der Waals surface area contributed by atoms with Gasteiger partial charge in [0.05, 0.1) is 5.92 Å². The van der Waals surface area contributed by atoms with Gasteiger partial charge in [0, 0.05) is 17.5 Å². The van der Waals surface area contributed by atoms with Crippen LogP contribution in [0.5, 0.6) is 0 Å². The number of carbonyl (C=O) groups excluding carboxylic acids is 1. The molecule has 0 spiro atoms. The molecule has 0 aromatic carbocycles. The zero-order valence-electron chi connectivity index (χ0n) is 16.5. The van der Waals surface area contributed by atoms with Crippen molar-refractivity contribution in [3.63, 3.8) is 0 Å². The first kappa shape index (κ1) is 19.1. The molecule has 2 saturated carbocycles. The minimum atomic E-state index is 0.103. The topological polar surface area (TPSA) is 29.5 Å². The summed E-state index contributed by atoms with van der Waals surface area (Å²) in [6.07, 6.45) is 12.9. The predicted molar refractivity (Wildman–Crippen MR) is 105 cm³/mol.